The number of ether oxygens (including phenoxy) is 1. The van der Waals surface area contributed by atoms with Crippen LogP contribution in [0.4, 0.5) is 0 Å². The predicted octanol–water partition coefficient (Wildman–Crippen LogP) is 2.93. The summed E-state index contributed by atoms with van der Waals surface area (Å²) in [6.45, 7) is 12.1. The molecule has 0 saturated carbocycles. The first kappa shape index (κ1) is 13.9. The maximum absolute atomic E-state index is 5.50. The van der Waals surface area contributed by atoms with Crippen LogP contribution < -0.4 is 0 Å². The van der Waals surface area contributed by atoms with Crippen molar-refractivity contribution < 1.29 is 4.74 Å². The lowest BCUT2D eigenvalue weighted by Gasteiger charge is -2.17. The summed E-state index contributed by atoms with van der Waals surface area (Å²) in [5.74, 6) is 0. The molecule has 0 aliphatic carbocycles. The van der Waals surface area contributed by atoms with E-state index < -0.39 is 0 Å². The summed E-state index contributed by atoms with van der Waals surface area (Å²) in [5, 5.41) is 0. The lowest BCUT2D eigenvalue weighted by atomic mass is 10.3. The Bertz CT molecular complexity index is 102. The monoisotopic (exact) mass is 201 g/mol. The molecule has 0 fully saturated rings. The molecule has 0 aromatic carbocycles. The normalized spacial score (nSPS) is 11.1. The van der Waals surface area contributed by atoms with Crippen LogP contribution in [0.1, 0.15) is 46.5 Å². The third kappa shape index (κ3) is 8.52. The van der Waals surface area contributed by atoms with E-state index in [4.69, 9.17) is 4.74 Å². The lowest BCUT2D eigenvalue weighted by Crippen LogP contribution is -2.24. The van der Waals surface area contributed by atoms with Crippen molar-refractivity contribution in [1.82, 2.24) is 4.90 Å². The van der Waals surface area contributed by atoms with E-state index in [1.165, 1.54) is 45.3 Å². The first-order valence-electron chi connectivity index (χ1n) is 6.15. The zero-order valence-corrected chi connectivity index (χ0v) is 10.2. The summed E-state index contributed by atoms with van der Waals surface area (Å²) < 4.78 is 5.50. The second-order valence-corrected chi connectivity index (χ2v) is 3.70. The van der Waals surface area contributed by atoms with E-state index >= 15 is 0 Å². The molecular formula is C12H27NO. The molecule has 0 N–H and O–H groups in total. The fourth-order valence-corrected chi connectivity index (χ4v) is 1.43. The topological polar surface area (TPSA) is 12.5 Å². The van der Waals surface area contributed by atoms with Crippen molar-refractivity contribution in [3.05, 3.63) is 0 Å². The highest BCUT2D eigenvalue weighted by molar-refractivity contribution is 4.51. The summed E-state index contributed by atoms with van der Waals surface area (Å²) in [7, 11) is 0. The van der Waals surface area contributed by atoms with E-state index in [-0.39, 0.29) is 0 Å². The number of hydrogen-bond donors (Lipinski definition) is 0. The molecule has 14 heavy (non-hydrogen) atoms. The van der Waals surface area contributed by atoms with Gasteiger partial charge in [0.2, 0.25) is 0 Å². The Morgan fingerprint density at radius 3 is 2.07 bits per heavy atom. The highest BCUT2D eigenvalue weighted by atomic mass is 16.5. The van der Waals surface area contributed by atoms with Gasteiger partial charge < -0.3 is 9.64 Å². The molecule has 0 aromatic heterocycles. The molecule has 86 valence electrons. The molecule has 2 heteroatoms. The number of hydrogen-bond acceptors (Lipinski definition) is 2. The van der Waals surface area contributed by atoms with Gasteiger partial charge in [0.15, 0.2) is 0 Å². The molecule has 2 nitrogen and oxygen atoms in total. The molecule has 0 saturated heterocycles. The molecule has 0 aliphatic heterocycles. The Hall–Kier alpha value is -0.0800. The standard InChI is InChI=1S/C12H27NO/c1-4-7-11-14-12-9-8-10-13(5-2)6-3/h4-12H2,1-3H3. The Morgan fingerprint density at radius 1 is 0.857 bits per heavy atom. The Balaban J connectivity index is 3.04. The Morgan fingerprint density at radius 2 is 1.50 bits per heavy atom. The number of unbranched alkanes of at least 4 members (excludes halogenated alkanes) is 2. The average Bonchev–Trinajstić information content (AvgIpc) is 2.22. The van der Waals surface area contributed by atoms with Crippen molar-refractivity contribution in [2.24, 2.45) is 0 Å². The maximum Gasteiger partial charge on any atom is 0.0466 e. The van der Waals surface area contributed by atoms with Crippen molar-refractivity contribution in [1.29, 1.82) is 0 Å². The van der Waals surface area contributed by atoms with E-state index in [0.717, 1.165) is 13.2 Å². The Labute approximate surface area is 89.6 Å². The maximum atomic E-state index is 5.50. The summed E-state index contributed by atoms with van der Waals surface area (Å²) in [5.41, 5.74) is 0. The average molecular weight is 201 g/mol. The number of rotatable bonds is 10. The molecule has 0 bridgehead atoms. The van der Waals surface area contributed by atoms with E-state index in [9.17, 15) is 0 Å². The zero-order chi connectivity index (χ0) is 10.6. The van der Waals surface area contributed by atoms with E-state index in [1.807, 2.05) is 0 Å². The summed E-state index contributed by atoms with van der Waals surface area (Å²) >= 11 is 0. The van der Waals surface area contributed by atoms with Crippen LogP contribution in [0.2, 0.25) is 0 Å². The molecule has 0 aromatic rings. The van der Waals surface area contributed by atoms with Crippen molar-refractivity contribution in [3.63, 3.8) is 0 Å². The van der Waals surface area contributed by atoms with Crippen LogP contribution in [-0.2, 0) is 4.74 Å². The van der Waals surface area contributed by atoms with Crippen LogP contribution in [0.3, 0.4) is 0 Å². The third-order valence-corrected chi connectivity index (χ3v) is 2.55. The van der Waals surface area contributed by atoms with Gasteiger partial charge in [-0.2, -0.15) is 0 Å². The molecular weight excluding hydrogens is 174 g/mol. The van der Waals surface area contributed by atoms with E-state index in [2.05, 4.69) is 25.7 Å². The van der Waals surface area contributed by atoms with Crippen molar-refractivity contribution in [3.8, 4) is 0 Å². The van der Waals surface area contributed by atoms with Crippen molar-refractivity contribution >= 4 is 0 Å². The van der Waals surface area contributed by atoms with Gasteiger partial charge in [-0.05, 0) is 38.9 Å². The quantitative estimate of drug-likeness (QED) is 0.504. The van der Waals surface area contributed by atoms with Crippen LogP contribution in [0.5, 0.6) is 0 Å². The molecule has 0 radical (unpaired) electrons. The van der Waals surface area contributed by atoms with Gasteiger partial charge >= 0.3 is 0 Å². The van der Waals surface area contributed by atoms with Crippen LogP contribution in [0.25, 0.3) is 0 Å². The van der Waals surface area contributed by atoms with Gasteiger partial charge in [-0.25, -0.2) is 0 Å². The van der Waals surface area contributed by atoms with Gasteiger partial charge in [-0.1, -0.05) is 27.2 Å². The minimum Gasteiger partial charge on any atom is -0.381 e. The lowest BCUT2D eigenvalue weighted by molar-refractivity contribution is 0.124. The van der Waals surface area contributed by atoms with Crippen molar-refractivity contribution in [2.45, 2.75) is 46.5 Å². The minimum atomic E-state index is 0.946. The predicted molar refractivity (Wildman–Crippen MR) is 62.7 cm³/mol. The summed E-state index contributed by atoms with van der Waals surface area (Å²) in [4.78, 5) is 2.46. The highest BCUT2D eigenvalue weighted by Gasteiger charge is 1.97. The first-order chi connectivity index (χ1) is 6.85. The van der Waals surface area contributed by atoms with E-state index in [1.54, 1.807) is 0 Å². The third-order valence-electron chi connectivity index (χ3n) is 2.55. The molecule has 0 spiro atoms. The first-order valence-corrected chi connectivity index (χ1v) is 6.15. The van der Waals surface area contributed by atoms with Crippen LogP contribution in [-0.4, -0.2) is 37.7 Å². The van der Waals surface area contributed by atoms with Crippen molar-refractivity contribution in [2.75, 3.05) is 32.8 Å². The van der Waals surface area contributed by atoms with Crippen LogP contribution >= 0.6 is 0 Å². The van der Waals surface area contributed by atoms with E-state index in [0.29, 0.717) is 0 Å². The zero-order valence-electron chi connectivity index (χ0n) is 10.2. The second-order valence-electron chi connectivity index (χ2n) is 3.70. The van der Waals surface area contributed by atoms with Gasteiger partial charge in [0.1, 0.15) is 0 Å². The largest absolute Gasteiger partial charge is 0.381 e. The second kappa shape index (κ2) is 11.0. The Kier molecular flexibility index (Phi) is 10.9. The minimum absolute atomic E-state index is 0.946. The fourth-order valence-electron chi connectivity index (χ4n) is 1.43. The summed E-state index contributed by atoms with van der Waals surface area (Å²) in [6, 6.07) is 0. The van der Waals surface area contributed by atoms with Gasteiger partial charge in [0.25, 0.3) is 0 Å². The van der Waals surface area contributed by atoms with Gasteiger partial charge in [-0.15, -0.1) is 0 Å². The summed E-state index contributed by atoms with van der Waals surface area (Å²) in [6.07, 6.45) is 4.92. The number of nitrogens with zero attached hydrogens (tertiary/aromatic N) is 1. The smallest absolute Gasteiger partial charge is 0.0466 e. The van der Waals surface area contributed by atoms with Crippen LogP contribution in [0, 0.1) is 0 Å². The fraction of sp³-hybridized carbons (Fsp3) is 1.00. The van der Waals surface area contributed by atoms with Gasteiger partial charge in [-0.3, -0.25) is 0 Å². The van der Waals surface area contributed by atoms with Gasteiger partial charge in [0.05, 0.1) is 0 Å². The molecule has 0 rings (SSSR count). The van der Waals surface area contributed by atoms with Crippen LogP contribution in [0.15, 0.2) is 0 Å². The molecule has 0 amide bonds. The molecule has 0 aliphatic rings. The highest BCUT2D eigenvalue weighted by Crippen LogP contribution is 1.96. The molecule has 0 heterocycles. The molecule has 0 atom stereocenters. The molecule has 0 unspecified atom stereocenters. The van der Waals surface area contributed by atoms with Gasteiger partial charge in [0, 0.05) is 13.2 Å². The SMILES string of the molecule is CCCCOCCCCN(CC)CC.